The van der Waals surface area contributed by atoms with E-state index < -0.39 is 22.1 Å². The third-order valence-electron chi connectivity index (χ3n) is 7.36. The number of esters is 1. The van der Waals surface area contributed by atoms with Crippen LogP contribution in [0.2, 0.25) is 10.0 Å². The number of carbonyl (C=O) groups excluding carboxylic acids is 2. The van der Waals surface area contributed by atoms with Gasteiger partial charge in [0.1, 0.15) is 12.4 Å². The molecule has 232 valence electrons. The van der Waals surface area contributed by atoms with E-state index in [1.807, 2.05) is 77.5 Å². The number of ether oxygens (including phenoxy) is 1. The van der Waals surface area contributed by atoms with Gasteiger partial charge in [0.15, 0.2) is 0 Å². The van der Waals surface area contributed by atoms with Gasteiger partial charge in [-0.05, 0) is 59.2 Å². The summed E-state index contributed by atoms with van der Waals surface area (Å²) in [7, 11) is -2.71. The Balaban J connectivity index is 1.40. The predicted octanol–water partition coefficient (Wildman–Crippen LogP) is 6.71. The zero-order valence-electron chi connectivity index (χ0n) is 24.4. The summed E-state index contributed by atoms with van der Waals surface area (Å²) in [6.45, 7) is 0.108. The van der Waals surface area contributed by atoms with Gasteiger partial charge >= 0.3 is 16.2 Å². The Morgan fingerprint density at radius 3 is 2.37 bits per heavy atom. The smallest absolute Gasteiger partial charge is 0.337 e. The van der Waals surface area contributed by atoms with E-state index >= 15 is 0 Å². The Kier molecular flexibility index (Phi) is 8.68. The van der Waals surface area contributed by atoms with Crippen molar-refractivity contribution in [3.05, 3.63) is 130 Å². The second kappa shape index (κ2) is 12.8. The Morgan fingerprint density at radius 1 is 0.957 bits per heavy atom. The van der Waals surface area contributed by atoms with Gasteiger partial charge in [-0.2, -0.15) is 8.42 Å². The Hall–Kier alpha value is -4.90. The molecule has 0 saturated carbocycles. The van der Waals surface area contributed by atoms with E-state index in [0.717, 1.165) is 15.4 Å². The summed E-state index contributed by atoms with van der Waals surface area (Å²) in [6.07, 6.45) is 5.52. The molecule has 6 rings (SSSR count). The molecule has 1 aliphatic heterocycles. The maximum atomic E-state index is 12.8. The molecule has 1 amide bonds. The first-order valence-electron chi connectivity index (χ1n) is 14.0. The van der Waals surface area contributed by atoms with Crippen LogP contribution in [-0.4, -0.2) is 43.5 Å². The summed E-state index contributed by atoms with van der Waals surface area (Å²) in [6, 6.07) is 27.1. The van der Waals surface area contributed by atoms with Crippen LogP contribution >= 0.6 is 23.2 Å². The monoisotopic (exact) mass is 672 g/mol. The third-order valence-corrected chi connectivity index (χ3v) is 9.30. The van der Waals surface area contributed by atoms with Gasteiger partial charge in [-0.15, -0.1) is 0 Å². The largest absolute Gasteiger partial charge is 0.465 e. The van der Waals surface area contributed by atoms with Crippen LogP contribution in [-0.2, 0) is 26.3 Å². The van der Waals surface area contributed by atoms with Crippen LogP contribution in [0, 0.1) is 0 Å². The maximum absolute atomic E-state index is 12.8. The number of nitrogens with zero attached hydrogens (tertiary/aromatic N) is 3. The number of hydrogen-bond acceptors (Lipinski definition) is 6. The molecule has 46 heavy (non-hydrogen) atoms. The summed E-state index contributed by atoms with van der Waals surface area (Å²) >= 11 is 12.6. The third kappa shape index (κ3) is 6.55. The van der Waals surface area contributed by atoms with Gasteiger partial charge < -0.3 is 9.30 Å². The second-order valence-electron chi connectivity index (χ2n) is 10.4. The van der Waals surface area contributed by atoms with Crippen molar-refractivity contribution in [2.45, 2.75) is 6.54 Å². The summed E-state index contributed by atoms with van der Waals surface area (Å²) in [5.41, 5.74) is 5.21. The molecule has 1 N–H and O–H groups in total. The zero-order chi connectivity index (χ0) is 32.4. The van der Waals surface area contributed by atoms with Crippen molar-refractivity contribution in [3.8, 4) is 22.4 Å². The number of carbonyl (C=O) groups is 2. The van der Waals surface area contributed by atoms with Gasteiger partial charge in [0.05, 0.1) is 29.1 Å². The minimum absolute atomic E-state index is 0.320. The highest BCUT2D eigenvalue weighted by atomic mass is 35.5. The van der Waals surface area contributed by atoms with Crippen LogP contribution in [0.15, 0.2) is 97.2 Å². The lowest BCUT2D eigenvalue weighted by molar-refractivity contribution is -0.117. The van der Waals surface area contributed by atoms with E-state index in [0.29, 0.717) is 56.0 Å². The van der Waals surface area contributed by atoms with Crippen molar-refractivity contribution >= 4 is 63.1 Å². The molecule has 9 nitrogen and oxygen atoms in total. The van der Waals surface area contributed by atoms with Crippen LogP contribution in [0.25, 0.3) is 34.5 Å². The summed E-state index contributed by atoms with van der Waals surface area (Å²) in [4.78, 5) is 28.9. The van der Waals surface area contributed by atoms with E-state index in [4.69, 9.17) is 32.9 Å². The van der Waals surface area contributed by atoms with Crippen molar-refractivity contribution in [3.63, 3.8) is 0 Å². The Morgan fingerprint density at radius 2 is 1.70 bits per heavy atom. The number of aromatic nitrogens is 2. The highest BCUT2D eigenvalue weighted by molar-refractivity contribution is 7.92. The second-order valence-corrected chi connectivity index (χ2v) is 12.9. The van der Waals surface area contributed by atoms with Crippen molar-refractivity contribution in [2.75, 3.05) is 18.0 Å². The molecule has 12 heteroatoms. The molecule has 0 bridgehead atoms. The molecule has 1 saturated heterocycles. The molecule has 0 spiro atoms. The van der Waals surface area contributed by atoms with E-state index in [2.05, 4.69) is 4.72 Å². The van der Waals surface area contributed by atoms with Gasteiger partial charge in [0, 0.05) is 28.9 Å². The lowest BCUT2D eigenvalue weighted by atomic mass is 10.0. The molecule has 1 fully saturated rings. The number of anilines is 1. The molecule has 5 aromatic rings. The van der Waals surface area contributed by atoms with E-state index in [-0.39, 0.29) is 6.54 Å². The number of halogens is 2. The number of imidazole rings is 1. The lowest BCUT2D eigenvalue weighted by Gasteiger charge is -2.19. The minimum atomic E-state index is -4.05. The summed E-state index contributed by atoms with van der Waals surface area (Å²) in [5, 5.41) is 0.955. The number of nitrogens with one attached hydrogen (secondary N) is 1. The van der Waals surface area contributed by atoms with Crippen molar-refractivity contribution < 1.29 is 22.7 Å². The van der Waals surface area contributed by atoms with Crippen molar-refractivity contribution in [1.29, 1.82) is 0 Å². The van der Waals surface area contributed by atoms with Gasteiger partial charge in [-0.25, -0.2) is 18.8 Å². The summed E-state index contributed by atoms with van der Waals surface area (Å²) < 4.78 is 35.6. The first-order valence-corrected chi connectivity index (χ1v) is 16.2. The standard InChI is InChI=1S/C34H26Cl2N4O5S/c1-45-34(42)25-11-7-23(8-12-25)19-39-20-30(28-15-13-26(35)18-29(28)36)37-32(39)16-10-22-9-14-27(24-5-3-2-4-6-24)31(17-22)40-21-33(41)38-46(40,43)44/h2-18,20H,19,21H2,1H3,(H,38,41)/b16-10+. The molecule has 1 aliphatic rings. The molecule has 0 radical (unpaired) electrons. The number of benzene rings is 4. The van der Waals surface area contributed by atoms with Gasteiger partial charge in [-0.3, -0.25) is 4.79 Å². The number of rotatable bonds is 8. The molecule has 0 aliphatic carbocycles. The first kappa shape index (κ1) is 31.1. The molecule has 4 aromatic carbocycles. The van der Waals surface area contributed by atoms with Crippen LogP contribution in [0.3, 0.4) is 0 Å². The van der Waals surface area contributed by atoms with Gasteiger partial charge in [0.25, 0.3) is 5.91 Å². The minimum Gasteiger partial charge on any atom is -0.465 e. The number of amides is 1. The first-order chi connectivity index (χ1) is 22.1. The van der Waals surface area contributed by atoms with Gasteiger partial charge in [0.2, 0.25) is 0 Å². The molecular formula is C34H26Cl2N4O5S. The van der Waals surface area contributed by atoms with Crippen LogP contribution in [0.1, 0.15) is 27.3 Å². The molecule has 2 heterocycles. The average molecular weight is 674 g/mol. The molecule has 0 atom stereocenters. The number of methoxy groups -OCH3 is 1. The molecular weight excluding hydrogens is 647 g/mol. The number of hydrogen-bond donors (Lipinski definition) is 1. The Bertz CT molecular complexity index is 2100. The van der Waals surface area contributed by atoms with E-state index in [1.165, 1.54) is 7.11 Å². The maximum Gasteiger partial charge on any atom is 0.337 e. The van der Waals surface area contributed by atoms with Crippen LogP contribution < -0.4 is 9.03 Å². The lowest BCUT2D eigenvalue weighted by Crippen LogP contribution is -2.29. The topological polar surface area (TPSA) is 111 Å². The quantitative estimate of drug-likeness (QED) is 0.184. The van der Waals surface area contributed by atoms with Crippen molar-refractivity contribution in [2.24, 2.45) is 0 Å². The summed E-state index contributed by atoms with van der Waals surface area (Å²) in [5.74, 6) is -0.427. The van der Waals surface area contributed by atoms with Crippen LogP contribution in [0.4, 0.5) is 5.69 Å². The zero-order valence-corrected chi connectivity index (χ0v) is 26.7. The highest BCUT2D eigenvalue weighted by Gasteiger charge is 2.35. The SMILES string of the molecule is COC(=O)c1ccc(Cn2cc(-c3ccc(Cl)cc3Cl)nc2/C=C/c2ccc(-c3ccccc3)c(N3CC(=O)NS3(=O)=O)c2)cc1. The van der Waals surface area contributed by atoms with E-state index in [9.17, 15) is 18.0 Å². The fourth-order valence-electron chi connectivity index (χ4n) is 5.13. The van der Waals surface area contributed by atoms with Crippen molar-refractivity contribution in [1.82, 2.24) is 14.3 Å². The predicted molar refractivity (Wildman–Crippen MR) is 180 cm³/mol. The Labute approximate surface area is 275 Å². The molecule has 1 aromatic heterocycles. The molecule has 0 unspecified atom stereocenters. The fraction of sp³-hybridized carbons (Fsp3) is 0.0882. The van der Waals surface area contributed by atoms with E-state index in [1.54, 1.807) is 36.4 Å². The van der Waals surface area contributed by atoms with Gasteiger partial charge in [-0.1, -0.05) is 83.9 Å². The fourth-order valence-corrected chi connectivity index (χ4v) is 6.80. The normalized spacial score (nSPS) is 14.1. The average Bonchev–Trinajstić information content (AvgIpc) is 3.57. The highest BCUT2D eigenvalue weighted by Crippen LogP contribution is 2.35. The van der Waals surface area contributed by atoms with Crippen LogP contribution in [0.5, 0.6) is 0 Å².